The van der Waals surface area contributed by atoms with Crippen LogP contribution in [0.15, 0.2) is 36.5 Å². The number of amides is 1. The lowest BCUT2D eigenvalue weighted by Gasteiger charge is -2.20. The SMILES string of the molecule is CCCCCCCCCCCCCCC/C=C/C(O)C(CO)NC(=O)CCCCCCCCCCCCCCCCC/C=C\C/C=C\CCCCCCCCCCCOC(=O)CCCCCCCCCCCCCCC. The van der Waals surface area contributed by atoms with Gasteiger partial charge in [0.15, 0.2) is 0 Å². The number of allylic oxidation sites excluding steroid dienone is 5. The monoisotopic (exact) mass is 1070 g/mol. The molecule has 3 N–H and O–H groups in total. The molecule has 0 fully saturated rings. The van der Waals surface area contributed by atoms with Crippen LogP contribution in [-0.4, -0.2) is 47.4 Å². The van der Waals surface area contributed by atoms with Gasteiger partial charge in [0.1, 0.15) is 0 Å². The molecule has 0 aromatic carbocycles. The van der Waals surface area contributed by atoms with E-state index >= 15 is 0 Å². The molecule has 0 aromatic rings. The van der Waals surface area contributed by atoms with Crippen LogP contribution in [-0.2, 0) is 14.3 Å². The van der Waals surface area contributed by atoms with Crippen molar-refractivity contribution in [3.8, 4) is 0 Å². The highest BCUT2D eigenvalue weighted by Gasteiger charge is 2.18. The van der Waals surface area contributed by atoms with E-state index in [4.69, 9.17) is 4.74 Å². The lowest BCUT2D eigenvalue weighted by Crippen LogP contribution is -2.45. The van der Waals surface area contributed by atoms with Crippen LogP contribution >= 0.6 is 0 Å². The maximum Gasteiger partial charge on any atom is 0.305 e. The first-order chi connectivity index (χ1) is 37.5. The molecule has 0 radical (unpaired) electrons. The number of carbonyl (C=O) groups excluding carboxylic acids is 2. The van der Waals surface area contributed by atoms with Crippen molar-refractivity contribution in [1.82, 2.24) is 5.32 Å². The number of carbonyl (C=O) groups is 2. The Balaban J connectivity index is 3.40. The molecule has 0 heterocycles. The van der Waals surface area contributed by atoms with Gasteiger partial charge < -0.3 is 20.3 Å². The highest BCUT2D eigenvalue weighted by atomic mass is 16.5. The number of aliphatic hydroxyl groups is 2. The molecule has 0 rings (SSSR count). The minimum atomic E-state index is -0.844. The normalized spacial score (nSPS) is 12.7. The average molecular weight is 1070 g/mol. The molecule has 0 aliphatic rings. The lowest BCUT2D eigenvalue weighted by molar-refractivity contribution is -0.143. The highest BCUT2D eigenvalue weighted by Crippen LogP contribution is 2.18. The van der Waals surface area contributed by atoms with Gasteiger partial charge in [0.25, 0.3) is 0 Å². The summed E-state index contributed by atoms with van der Waals surface area (Å²) in [4.78, 5) is 24.5. The van der Waals surface area contributed by atoms with Crippen molar-refractivity contribution in [3.63, 3.8) is 0 Å². The summed E-state index contributed by atoms with van der Waals surface area (Å²) in [6.07, 6.45) is 83.6. The number of aliphatic hydroxyl groups excluding tert-OH is 2. The van der Waals surface area contributed by atoms with Crippen LogP contribution < -0.4 is 5.32 Å². The standard InChI is InChI=1S/C70H133NO5/c1-3-5-7-9-11-13-15-17-35-39-42-46-50-54-58-62-68(73)67(66-72)71-69(74)63-59-55-51-47-43-40-36-33-31-29-27-25-23-21-19-18-20-22-24-26-28-30-32-34-37-41-45-49-53-57-61-65-76-70(75)64-60-56-52-48-44-38-16-14-12-10-8-6-4-2/h20,22,26,28,58,62,67-68,72-73H,3-19,21,23-25,27,29-57,59-61,63-66H2,1-2H3,(H,71,74)/b22-20-,28-26-,62-58+. The zero-order valence-corrected chi connectivity index (χ0v) is 51.3. The summed E-state index contributed by atoms with van der Waals surface area (Å²) in [6, 6.07) is -0.627. The molecular formula is C70H133NO5. The van der Waals surface area contributed by atoms with Gasteiger partial charge in [0, 0.05) is 12.8 Å². The summed E-state index contributed by atoms with van der Waals surface area (Å²) in [7, 11) is 0. The topological polar surface area (TPSA) is 95.9 Å². The van der Waals surface area contributed by atoms with E-state index in [-0.39, 0.29) is 18.5 Å². The summed E-state index contributed by atoms with van der Waals surface area (Å²) in [5.41, 5.74) is 0. The summed E-state index contributed by atoms with van der Waals surface area (Å²) in [5, 5.41) is 23.2. The van der Waals surface area contributed by atoms with Crippen LogP contribution in [0.1, 0.15) is 373 Å². The minimum absolute atomic E-state index is 0.0147. The smallest absolute Gasteiger partial charge is 0.305 e. The van der Waals surface area contributed by atoms with Crippen LogP contribution in [0.4, 0.5) is 0 Å². The first kappa shape index (κ1) is 74.1. The molecule has 0 saturated heterocycles. The van der Waals surface area contributed by atoms with E-state index in [2.05, 4.69) is 43.5 Å². The Morgan fingerprint density at radius 1 is 0.368 bits per heavy atom. The minimum Gasteiger partial charge on any atom is -0.466 e. The first-order valence-electron chi connectivity index (χ1n) is 34.3. The molecule has 0 aliphatic carbocycles. The predicted octanol–water partition coefficient (Wildman–Crippen LogP) is 21.9. The van der Waals surface area contributed by atoms with Crippen molar-refractivity contribution in [2.45, 2.75) is 386 Å². The Bertz CT molecular complexity index is 1230. The van der Waals surface area contributed by atoms with Crippen molar-refractivity contribution in [2.24, 2.45) is 0 Å². The zero-order valence-electron chi connectivity index (χ0n) is 51.3. The molecule has 0 aliphatic heterocycles. The van der Waals surface area contributed by atoms with Gasteiger partial charge in [-0.3, -0.25) is 9.59 Å². The Hall–Kier alpha value is -1.92. The first-order valence-corrected chi connectivity index (χ1v) is 34.3. The van der Waals surface area contributed by atoms with Gasteiger partial charge in [-0.25, -0.2) is 0 Å². The van der Waals surface area contributed by atoms with E-state index in [1.165, 1.54) is 302 Å². The molecule has 448 valence electrons. The third-order valence-corrected chi connectivity index (χ3v) is 15.9. The zero-order chi connectivity index (χ0) is 55.0. The Kier molecular flexibility index (Phi) is 63.9. The van der Waals surface area contributed by atoms with Crippen molar-refractivity contribution < 1.29 is 24.5 Å². The molecular weight excluding hydrogens is 935 g/mol. The summed E-state index contributed by atoms with van der Waals surface area (Å²) >= 11 is 0. The number of rotatable bonds is 64. The largest absolute Gasteiger partial charge is 0.466 e. The molecule has 6 heteroatoms. The fourth-order valence-corrected chi connectivity index (χ4v) is 10.7. The Morgan fingerprint density at radius 3 is 1.00 bits per heavy atom. The number of ether oxygens (including phenoxy) is 1. The van der Waals surface area contributed by atoms with Gasteiger partial charge in [0.05, 0.1) is 25.4 Å². The second-order valence-corrected chi connectivity index (χ2v) is 23.5. The number of nitrogens with one attached hydrogen (secondary N) is 1. The number of hydrogen-bond acceptors (Lipinski definition) is 5. The maximum absolute atomic E-state index is 12.5. The molecule has 0 bridgehead atoms. The molecule has 6 nitrogen and oxygen atoms in total. The molecule has 0 spiro atoms. The Labute approximate surface area is 474 Å². The molecule has 2 atom stereocenters. The molecule has 0 saturated carbocycles. The summed E-state index contributed by atoms with van der Waals surface area (Å²) < 4.78 is 5.48. The van der Waals surface area contributed by atoms with Gasteiger partial charge in [-0.05, 0) is 64.2 Å². The van der Waals surface area contributed by atoms with E-state index in [0.29, 0.717) is 19.4 Å². The van der Waals surface area contributed by atoms with E-state index in [1.54, 1.807) is 6.08 Å². The summed E-state index contributed by atoms with van der Waals surface area (Å²) in [6.45, 7) is 4.93. The van der Waals surface area contributed by atoms with Crippen LogP contribution in [0, 0.1) is 0 Å². The number of esters is 1. The van der Waals surface area contributed by atoms with E-state index in [9.17, 15) is 19.8 Å². The Morgan fingerprint density at radius 2 is 0.658 bits per heavy atom. The molecule has 2 unspecified atom stereocenters. The van der Waals surface area contributed by atoms with Gasteiger partial charge in [-0.15, -0.1) is 0 Å². The van der Waals surface area contributed by atoms with Crippen LogP contribution in [0.25, 0.3) is 0 Å². The van der Waals surface area contributed by atoms with E-state index in [0.717, 1.165) is 44.9 Å². The fraction of sp³-hybridized carbons (Fsp3) is 0.886. The second-order valence-electron chi connectivity index (χ2n) is 23.5. The molecule has 76 heavy (non-hydrogen) atoms. The predicted molar refractivity (Wildman–Crippen MR) is 333 cm³/mol. The third-order valence-electron chi connectivity index (χ3n) is 15.9. The van der Waals surface area contributed by atoms with Crippen LogP contribution in [0.3, 0.4) is 0 Å². The molecule has 0 aromatic heterocycles. The summed E-state index contributed by atoms with van der Waals surface area (Å²) in [5.74, 6) is -0.0508. The van der Waals surface area contributed by atoms with Crippen molar-refractivity contribution in [1.29, 1.82) is 0 Å². The van der Waals surface area contributed by atoms with Crippen molar-refractivity contribution in [2.75, 3.05) is 13.2 Å². The van der Waals surface area contributed by atoms with Crippen molar-refractivity contribution in [3.05, 3.63) is 36.5 Å². The van der Waals surface area contributed by atoms with Gasteiger partial charge in [-0.2, -0.15) is 0 Å². The van der Waals surface area contributed by atoms with Gasteiger partial charge in [-0.1, -0.05) is 333 Å². The fourth-order valence-electron chi connectivity index (χ4n) is 10.7. The van der Waals surface area contributed by atoms with Gasteiger partial charge in [0.2, 0.25) is 5.91 Å². The van der Waals surface area contributed by atoms with E-state index < -0.39 is 12.1 Å². The quantitative estimate of drug-likeness (QED) is 0.0320. The van der Waals surface area contributed by atoms with Crippen molar-refractivity contribution >= 4 is 11.9 Å². The lowest BCUT2D eigenvalue weighted by atomic mass is 10.0. The number of unbranched alkanes of at least 4 members (excludes halogenated alkanes) is 49. The average Bonchev–Trinajstić information content (AvgIpc) is 3.42. The third kappa shape index (κ3) is 61.3. The van der Waals surface area contributed by atoms with Gasteiger partial charge >= 0.3 is 5.97 Å². The second kappa shape index (κ2) is 65.6. The molecule has 1 amide bonds. The van der Waals surface area contributed by atoms with Crippen LogP contribution in [0.2, 0.25) is 0 Å². The number of hydrogen-bond donors (Lipinski definition) is 3. The van der Waals surface area contributed by atoms with E-state index in [1.807, 2.05) is 6.08 Å². The van der Waals surface area contributed by atoms with Crippen LogP contribution in [0.5, 0.6) is 0 Å². The highest BCUT2D eigenvalue weighted by molar-refractivity contribution is 5.76. The maximum atomic E-state index is 12.5.